The van der Waals surface area contributed by atoms with Gasteiger partial charge in [0.25, 0.3) is 0 Å². The third kappa shape index (κ3) is 7.10. The van der Waals surface area contributed by atoms with Gasteiger partial charge in [0.15, 0.2) is 5.17 Å². The number of carbonyl (C=O) groups excluding carboxylic acids is 2. The first-order valence-corrected chi connectivity index (χ1v) is 5.71. The zero-order chi connectivity index (χ0) is 12.8. The molecule has 16 heavy (non-hydrogen) atoms. The summed E-state index contributed by atoms with van der Waals surface area (Å²) in [7, 11) is 1.21. The molecule has 0 heterocycles. The fourth-order valence-corrected chi connectivity index (χ4v) is 0.995. The predicted octanol–water partition coefficient (Wildman–Crippen LogP) is 2.00. The number of nitrogens with zero attached hydrogens (tertiary/aromatic N) is 1. The molecule has 0 aromatic rings. The van der Waals surface area contributed by atoms with E-state index in [2.05, 4.69) is 15.0 Å². The molecule has 0 saturated heterocycles. The Kier molecular flexibility index (Phi) is 5.87. The number of alkyl carbamates (subject to hydrolysis) is 1. The van der Waals surface area contributed by atoms with Crippen LogP contribution in [0.3, 0.4) is 0 Å². The quantitative estimate of drug-likeness (QED) is 0.524. The number of rotatable bonds is 0. The van der Waals surface area contributed by atoms with Crippen molar-refractivity contribution in [1.29, 1.82) is 0 Å². The Hall–Kier alpha value is -1.24. The fourth-order valence-electron chi connectivity index (χ4n) is 0.644. The number of ether oxygens (including phenoxy) is 2. The number of hydrogen-bond acceptors (Lipinski definition) is 5. The predicted molar refractivity (Wildman–Crippen MR) is 62.7 cm³/mol. The third-order valence-corrected chi connectivity index (χ3v) is 1.75. The summed E-state index contributed by atoms with van der Waals surface area (Å²) in [6.07, 6.45) is 0.226. The maximum atomic E-state index is 11.3. The van der Waals surface area contributed by atoms with Crippen molar-refractivity contribution in [2.75, 3.05) is 13.4 Å². The topological polar surface area (TPSA) is 77.0 Å². The Morgan fingerprint density at radius 1 is 1.31 bits per heavy atom. The van der Waals surface area contributed by atoms with E-state index in [1.54, 1.807) is 27.0 Å². The van der Waals surface area contributed by atoms with Crippen molar-refractivity contribution in [2.24, 2.45) is 4.99 Å². The molecule has 0 aromatic heterocycles. The van der Waals surface area contributed by atoms with Crippen molar-refractivity contribution in [3.8, 4) is 0 Å². The number of nitrogens with one attached hydrogen (secondary N) is 1. The number of amides is 2. The van der Waals surface area contributed by atoms with Gasteiger partial charge in [-0.05, 0) is 27.0 Å². The van der Waals surface area contributed by atoms with Crippen LogP contribution in [0.4, 0.5) is 9.59 Å². The Morgan fingerprint density at radius 3 is 2.25 bits per heavy atom. The minimum Gasteiger partial charge on any atom is -0.451 e. The Labute approximate surface area is 98.8 Å². The number of amidine groups is 1. The molecule has 92 valence electrons. The van der Waals surface area contributed by atoms with Gasteiger partial charge in [-0.1, -0.05) is 11.8 Å². The van der Waals surface area contributed by atoms with Crippen molar-refractivity contribution in [3.63, 3.8) is 0 Å². The summed E-state index contributed by atoms with van der Waals surface area (Å²) in [4.78, 5) is 25.6. The Morgan fingerprint density at radius 2 is 1.88 bits per heavy atom. The molecule has 7 heteroatoms. The van der Waals surface area contributed by atoms with Crippen molar-refractivity contribution in [2.45, 2.75) is 26.4 Å². The van der Waals surface area contributed by atoms with Crippen molar-refractivity contribution in [3.05, 3.63) is 0 Å². The lowest BCUT2D eigenvalue weighted by Gasteiger charge is -2.19. The summed E-state index contributed by atoms with van der Waals surface area (Å²) < 4.78 is 9.32. The molecule has 0 radical (unpaired) electrons. The highest BCUT2D eigenvalue weighted by Crippen LogP contribution is 2.07. The van der Waals surface area contributed by atoms with Gasteiger partial charge in [0.05, 0.1) is 7.11 Å². The summed E-state index contributed by atoms with van der Waals surface area (Å²) in [5.74, 6) is 0. The summed E-state index contributed by atoms with van der Waals surface area (Å²) in [5, 5.41) is 2.47. The normalized spacial score (nSPS) is 11.9. The molecule has 2 amide bonds. The molecule has 0 aliphatic carbocycles. The second-order valence-electron chi connectivity index (χ2n) is 3.72. The average Bonchev–Trinajstić information content (AvgIpc) is 2.13. The van der Waals surface area contributed by atoms with Gasteiger partial charge < -0.3 is 9.47 Å². The molecule has 0 spiro atoms. The molecule has 0 unspecified atom stereocenters. The van der Waals surface area contributed by atoms with Crippen molar-refractivity contribution in [1.82, 2.24) is 5.32 Å². The van der Waals surface area contributed by atoms with Crippen LogP contribution in [-0.2, 0) is 9.47 Å². The maximum absolute atomic E-state index is 11.3. The van der Waals surface area contributed by atoms with Crippen LogP contribution in [0.25, 0.3) is 0 Å². The van der Waals surface area contributed by atoms with Crippen LogP contribution in [0.2, 0.25) is 0 Å². The van der Waals surface area contributed by atoms with E-state index in [1.807, 2.05) is 0 Å². The molecule has 0 atom stereocenters. The van der Waals surface area contributed by atoms with Gasteiger partial charge in [-0.3, -0.25) is 5.32 Å². The molecule has 0 aliphatic heterocycles. The van der Waals surface area contributed by atoms with Crippen LogP contribution in [0, 0.1) is 0 Å². The van der Waals surface area contributed by atoms with Gasteiger partial charge in [0.1, 0.15) is 5.60 Å². The first kappa shape index (κ1) is 14.8. The minimum absolute atomic E-state index is 0.126. The SMILES string of the molecule is COC(=O)/N=C(/NC(=O)OC(C)(C)C)SC. The van der Waals surface area contributed by atoms with E-state index >= 15 is 0 Å². The monoisotopic (exact) mass is 248 g/mol. The number of thioether (sulfide) groups is 1. The van der Waals surface area contributed by atoms with Crippen LogP contribution >= 0.6 is 11.8 Å². The van der Waals surface area contributed by atoms with Crippen LogP contribution in [0.15, 0.2) is 4.99 Å². The zero-order valence-corrected chi connectivity index (χ0v) is 10.8. The van der Waals surface area contributed by atoms with Crippen molar-refractivity contribution < 1.29 is 19.1 Å². The van der Waals surface area contributed by atoms with Gasteiger partial charge in [0.2, 0.25) is 0 Å². The lowest BCUT2D eigenvalue weighted by atomic mass is 10.2. The molecule has 6 nitrogen and oxygen atoms in total. The standard InChI is InChI=1S/C9H16N2O4S/c1-9(2,3)15-8(13)11-6(16-5)10-7(12)14-4/h1-5H3,(H,10,11,12,13). The van der Waals surface area contributed by atoms with Crippen molar-refractivity contribution >= 4 is 29.1 Å². The zero-order valence-electron chi connectivity index (χ0n) is 9.99. The lowest BCUT2D eigenvalue weighted by Crippen LogP contribution is -2.35. The highest BCUT2D eigenvalue weighted by atomic mass is 32.2. The van der Waals surface area contributed by atoms with Gasteiger partial charge in [-0.2, -0.15) is 4.99 Å². The molecule has 1 N–H and O–H groups in total. The molecular formula is C9H16N2O4S. The maximum Gasteiger partial charge on any atom is 0.435 e. The van der Waals surface area contributed by atoms with Gasteiger partial charge in [-0.25, -0.2) is 9.59 Å². The molecule has 0 saturated carbocycles. The summed E-state index contributed by atoms with van der Waals surface area (Å²) in [6, 6.07) is 0. The largest absolute Gasteiger partial charge is 0.451 e. The lowest BCUT2D eigenvalue weighted by molar-refractivity contribution is 0.0564. The average molecular weight is 248 g/mol. The fraction of sp³-hybridized carbons (Fsp3) is 0.667. The Bertz CT molecular complexity index is 296. The summed E-state index contributed by atoms with van der Waals surface area (Å²) in [6.45, 7) is 5.22. The number of hydrogen-bond donors (Lipinski definition) is 1. The first-order valence-electron chi connectivity index (χ1n) is 4.49. The smallest absolute Gasteiger partial charge is 0.435 e. The van der Waals surface area contributed by atoms with E-state index in [-0.39, 0.29) is 5.17 Å². The van der Waals surface area contributed by atoms with E-state index < -0.39 is 17.8 Å². The number of methoxy groups -OCH3 is 1. The van der Waals surface area contributed by atoms with Crippen LogP contribution in [0.1, 0.15) is 20.8 Å². The summed E-state index contributed by atoms with van der Waals surface area (Å²) in [5.41, 5.74) is -0.598. The van der Waals surface area contributed by atoms with Crippen LogP contribution in [0.5, 0.6) is 0 Å². The highest BCUT2D eigenvalue weighted by Gasteiger charge is 2.17. The number of carbonyl (C=O) groups is 2. The minimum atomic E-state index is -0.777. The van der Waals surface area contributed by atoms with Crippen LogP contribution < -0.4 is 5.32 Å². The van der Waals surface area contributed by atoms with Gasteiger partial charge in [-0.15, -0.1) is 0 Å². The molecule has 0 aromatic carbocycles. The summed E-state index contributed by atoms with van der Waals surface area (Å²) >= 11 is 1.11. The third-order valence-electron chi connectivity index (χ3n) is 1.17. The molecule has 0 bridgehead atoms. The second kappa shape index (κ2) is 6.37. The van der Waals surface area contributed by atoms with E-state index in [0.717, 1.165) is 11.8 Å². The molecular weight excluding hydrogens is 232 g/mol. The molecule has 0 fully saturated rings. The Balaban J connectivity index is 4.39. The molecule has 0 rings (SSSR count). The first-order chi connectivity index (χ1) is 7.28. The van der Waals surface area contributed by atoms with Gasteiger partial charge >= 0.3 is 12.2 Å². The molecule has 0 aliphatic rings. The number of aliphatic imine (C=N–C) groups is 1. The highest BCUT2D eigenvalue weighted by molar-refractivity contribution is 8.13. The second-order valence-corrected chi connectivity index (χ2v) is 4.51. The van der Waals surface area contributed by atoms with E-state index in [0.29, 0.717) is 0 Å². The van der Waals surface area contributed by atoms with Crippen LogP contribution in [-0.4, -0.2) is 36.3 Å². The van der Waals surface area contributed by atoms with Gasteiger partial charge in [0, 0.05) is 0 Å². The van der Waals surface area contributed by atoms with E-state index in [4.69, 9.17) is 4.74 Å². The van der Waals surface area contributed by atoms with E-state index in [1.165, 1.54) is 7.11 Å². The van der Waals surface area contributed by atoms with E-state index in [9.17, 15) is 9.59 Å².